The van der Waals surface area contributed by atoms with E-state index in [1.54, 1.807) is 11.8 Å². The predicted molar refractivity (Wildman–Crippen MR) is 83.1 cm³/mol. The topological polar surface area (TPSA) is 51.8 Å². The standard InChI is InChI=1S/C14H16BrN3S/c1-9(16)11-7-17-14(18-10(11)2)8-19-13-6-4-3-5-12(13)15/h3-7,9H,8,16H2,1-2H3/t9-/m1/s1. The molecule has 1 heterocycles. The zero-order valence-corrected chi connectivity index (χ0v) is 13.3. The first-order chi connectivity index (χ1) is 9.08. The van der Waals surface area contributed by atoms with E-state index in [9.17, 15) is 0 Å². The van der Waals surface area contributed by atoms with Crippen molar-refractivity contribution >= 4 is 27.7 Å². The van der Waals surface area contributed by atoms with Crippen LogP contribution in [0.3, 0.4) is 0 Å². The molecule has 0 amide bonds. The Morgan fingerprint density at radius 3 is 2.74 bits per heavy atom. The Bertz CT molecular complexity index is 572. The van der Waals surface area contributed by atoms with Crippen LogP contribution in [0.15, 0.2) is 39.8 Å². The number of thioether (sulfide) groups is 1. The van der Waals surface area contributed by atoms with E-state index in [0.717, 1.165) is 27.3 Å². The maximum absolute atomic E-state index is 5.86. The summed E-state index contributed by atoms with van der Waals surface area (Å²) in [5.41, 5.74) is 7.83. The van der Waals surface area contributed by atoms with Gasteiger partial charge in [0.05, 0.1) is 5.75 Å². The van der Waals surface area contributed by atoms with Gasteiger partial charge in [-0.3, -0.25) is 0 Å². The normalized spacial score (nSPS) is 12.4. The number of aromatic nitrogens is 2. The molecular weight excluding hydrogens is 322 g/mol. The van der Waals surface area contributed by atoms with Crippen LogP contribution in [-0.2, 0) is 5.75 Å². The molecule has 5 heteroatoms. The summed E-state index contributed by atoms with van der Waals surface area (Å²) in [7, 11) is 0. The molecule has 0 bridgehead atoms. The molecule has 0 spiro atoms. The third-order valence-electron chi connectivity index (χ3n) is 2.75. The summed E-state index contributed by atoms with van der Waals surface area (Å²) in [5, 5.41) is 0. The Hall–Kier alpha value is -0.910. The molecule has 0 saturated heterocycles. The van der Waals surface area contributed by atoms with Crippen molar-refractivity contribution in [2.24, 2.45) is 5.73 Å². The van der Waals surface area contributed by atoms with Crippen molar-refractivity contribution in [3.63, 3.8) is 0 Å². The summed E-state index contributed by atoms with van der Waals surface area (Å²) < 4.78 is 1.10. The van der Waals surface area contributed by atoms with Gasteiger partial charge in [0.2, 0.25) is 0 Å². The van der Waals surface area contributed by atoms with Crippen LogP contribution in [0.25, 0.3) is 0 Å². The van der Waals surface area contributed by atoms with Crippen molar-refractivity contribution in [1.82, 2.24) is 9.97 Å². The fraction of sp³-hybridized carbons (Fsp3) is 0.286. The number of nitrogens with zero attached hydrogens (tertiary/aromatic N) is 2. The van der Waals surface area contributed by atoms with Crippen LogP contribution in [0.1, 0.15) is 30.0 Å². The molecule has 1 aromatic heterocycles. The smallest absolute Gasteiger partial charge is 0.138 e. The van der Waals surface area contributed by atoms with Gasteiger partial charge in [0.15, 0.2) is 0 Å². The number of rotatable bonds is 4. The second kappa shape index (κ2) is 6.50. The maximum atomic E-state index is 5.86. The molecule has 0 saturated carbocycles. The van der Waals surface area contributed by atoms with Gasteiger partial charge in [-0.2, -0.15) is 0 Å². The Labute approximate surface area is 126 Å². The van der Waals surface area contributed by atoms with Crippen molar-refractivity contribution < 1.29 is 0 Å². The Balaban J connectivity index is 2.08. The first kappa shape index (κ1) is 14.5. The lowest BCUT2D eigenvalue weighted by atomic mass is 10.1. The van der Waals surface area contributed by atoms with Crippen LogP contribution >= 0.6 is 27.7 Å². The van der Waals surface area contributed by atoms with E-state index in [0.29, 0.717) is 0 Å². The molecule has 0 aliphatic rings. The summed E-state index contributed by atoms with van der Waals surface area (Å²) in [6.07, 6.45) is 1.84. The zero-order valence-electron chi connectivity index (χ0n) is 10.9. The van der Waals surface area contributed by atoms with Gasteiger partial charge in [-0.1, -0.05) is 12.1 Å². The predicted octanol–water partition coefficient (Wildman–Crippen LogP) is 3.86. The van der Waals surface area contributed by atoms with E-state index in [-0.39, 0.29) is 6.04 Å². The van der Waals surface area contributed by atoms with Gasteiger partial charge in [-0.15, -0.1) is 11.8 Å². The number of benzene rings is 1. The Morgan fingerprint density at radius 2 is 2.11 bits per heavy atom. The Kier molecular flexibility index (Phi) is 4.96. The molecule has 3 nitrogen and oxygen atoms in total. The van der Waals surface area contributed by atoms with Crippen molar-refractivity contribution in [3.8, 4) is 0 Å². The van der Waals surface area contributed by atoms with E-state index in [1.807, 2.05) is 38.2 Å². The van der Waals surface area contributed by atoms with Crippen LogP contribution in [0, 0.1) is 6.92 Å². The van der Waals surface area contributed by atoms with Crippen molar-refractivity contribution in [2.45, 2.75) is 30.5 Å². The molecule has 1 aromatic carbocycles. The number of aryl methyl sites for hydroxylation is 1. The fourth-order valence-electron chi connectivity index (χ4n) is 1.75. The van der Waals surface area contributed by atoms with Gasteiger partial charge in [0.1, 0.15) is 5.82 Å². The first-order valence-corrected chi connectivity index (χ1v) is 7.81. The number of nitrogens with two attached hydrogens (primary N) is 1. The van der Waals surface area contributed by atoms with Gasteiger partial charge < -0.3 is 5.73 Å². The highest BCUT2D eigenvalue weighted by molar-refractivity contribution is 9.10. The lowest BCUT2D eigenvalue weighted by molar-refractivity contribution is 0.781. The third kappa shape index (κ3) is 3.78. The molecule has 0 fully saturated rings. The van der Waals surface area contributed by atoms with E-state index in [2.05, 4.69) is 32.0 Å². The highest BCUT2D eigenvalue weighted by atomic mass is 79.9. The highest BCUT2D eigenvalue weighted by Gasteiger charge is 2.08. The third-order valence-corrected chi connectivity index (χ3v) is 4.77. The van der Waals surface area contributed by atoms with Crippen LogP contribution in [0.4, 0.5) is 0 Å². The summed E-state index contributed by atoms with van der Waals surface area (Å²) in [5.74, 6) is 1.59. The molecule has 1 atom stereocenters. The SMILES string of the molecule is Cc1nc(CSc2ccccc2Br)ncc1[C@@H](C)N. The highest BCUT2D eigenvalue weighted by Crippen LogP contribution is 2.29. The summed E-state index contributed by atoms with van der Waals surface area (Å²) in [4.78, 5) is 10.1. The van der Waals surface area contributed by atoms with Gasteiger partial charge >= 0.3 is 0 Å². The molecule has 0 aliphatic carbocycles. The second-order valence-corrected chi connectivity index (χ2v) is 6.21. The first-order valence-electron chi connectivity index (χ1n) is 6.03. The largest absolute Gasteiger partial charge is 0.324 e. The fourth-order valence-corrected chi connectivity index (χ4v) is 3.18. The van der Waals surface area contributed by atoms with Crippen molar-refractivity contribution in [3.05, 3.63) is 52.0 Å². The van der Waals surface area contributed by atoms with Crippen LogP contribution in [0.2, 0.25) is 0 Å². The summed E-state index contributed by atoms with van der Waals surface area (Å²) in [6, 6.07) is 8.13. The number of hydrogen-bond donors (Lipinski definition) is 1. The molecule has 0 unspecified atom stereocenters. The number of hydrogen-bond acceptors (Lipinski definition) is 4. The lowest BCUT2D eigenvalue weighted by Gasteiger charge is -2.09. The average molecular weight is 338 g/mol. The molecule has 100 valence electrons. The Morgan fingerprint density at radius 1 is 1.37 bits per heavy atom. The monoisotopic (exact) mass is 337 g/mol. The molecular formula is C14H16BrN3S. The number of halogens is 1. The van der Waals surface area contributed by atoms with Gasteiger partial charge in [0, 0.05) is 32.9 Å². The summed E-state index contributed by atoms with van der Waals surface area (Å²) in [6.45, 7) is 3.92. The minimum Gasteiger partial charge on any atom is -0.324 e. The van der Waals surface area contributed by atoms with Gasteiger partial charge in [0.25, 0.3) is 0 Å². The van der Waals surface area contributed by atoms with Gasteiger partial charge in [-0.25, -0.2) is 9.97 Å². The maximum Gasteiger partial charge on any atom is 0.138 e. The van der Waals surface area contributed by atoms with E-state index >= 15 is 0 Å². The van der Waals surface area contributed by atoms with Gasteiger partial charge in [-0.05, 0) is 41.9 Å². The van der Waals surface area contributed by atoms with Crippen molar-refractivity contribution in [2.75, 3.05) is 0 Å². The minimum atomic E-state index is -0.0232. The molecule has 0 aliphatic heterocycles. The molecule has 2 N–H and O–H groups in total. The molecule has 2 aromatic rings. The molecule has 2 rings (SSSR count). The molecule has 19 heavy (non-hydrogen) atoms. The van der Waals surface area contributed by atoms with E-state index in [1.165, 1.54) is 4.90 Å². The minimum absolute atomic E-state index is 0.0232. The van der Waals surface area contributed by atoms with E-state index in [4.69, 9.17) is 5.73 Å². The van der Waals surface area contributed by atoms with Crippen LogP contribution < -0.4 is 5.73 Å². The second-order valence-electron chi connectivity index (χ2n) is 4.33. The van der Waals surface area contributed by atoms with Crippen LogP contribution in [-0.4, -0.2) is 9.97 Å². The quantitative estimate of drug-likeness (QED) is 0.860. The van der Waals surface area contributed by atoms with Crippen molar-refractivity contribution in [1.29, 1.82) is 0 Å². The average Bonchev–Trinajstić information content (AvgIpc) is 2.37. The molecule has 0 radical (unpaired) electrons. The van der Waals surface area contributed by atoms with Crippen LogP contribution in [0.5, 0.6) is 0 Å². The lowest BCUT2D eigenvalue weighted by Crippen LogP contribution is -2.10. The zero-order chi connectivity index (χ0) is 13.8. The summed E-state index contributed by atoms with van der Waals surface area (Å²) >= 11 is 5.26. The van der Waals surface area contributed by atoms with E-state index < -0.39 is 0 Å².